The van der Waals surface area contributed by atoms with Crippen LogP contribution in [-0.2, 0) is 14.4 Å². The molecule has 0 rings (SSSR count). The monoisotopic (exact) mass is 262 g/mol. The molecule has 5 heteroatoms. The molecule has 0 saturated heterocycles. The Morgan fingerprint density at radius 1 is 1.25 bits per heavy atom. The van der Waals surface area contributed by atoms with E-state index in [4.69, 9.17) is 0 Å². The van der Waals surface area contributed by atoms with Crippen molar-refractivity contribution in [2.75, 3.05) is 5.75 Å². The maximum atomic E-state index is 11.9. The SMILES string of the molecule is CC(=O)SC(C)(C)C(=O)C[C@@H](CS)C(C)=O. The summed E-state index contributed by atoms with van der Waals surface area (Å²) in [6.07, 6.45) is 0.159. The summed E-state index contributed by atoms with van der Waals surface area (Å²) in [5, 5.41) is -0.0939. The van der Waals surface area contributed by atoms with Crippen LogP contribution in [0.15, 0.2) is 0 Å². The molecule has 0 aromatic heterocycles. The van der Waals surface area contributed by atoms with Gasteiger partial charge in [0.2, 0.25) is 0 Å². The van der Waals surface area contributed by atoms with Crippen LogP contribution in [0.5, 0.6) is 0 Å². The Bertz CT molecular complexity index is 298. The molecule has 0 bridgehead atoms. The first-order valence-electron chi connectivity index (χ1n) is 5.05. The summed E-state index contributed by atoms with van der Waals surface area (Å²) in [6.45, 7) is 6.30. The highest BCUT2D eigenvalue weighted by molar-refractivity contribution is 8.15. The van der Waals surface area contributed by atoms with Crippen LogP contribution in [0.1, 0.15) is 34.1 Å². The molecule has 0 N–H and O–H groups in total. The molecule has 0 radical (unpaired) electrons. The summed E-state index contributed by atoms with van der Waals surface area (Å²) in [5.41, 5.74) is 0. The first kappa shape index (κ1) is 15.7. The molecule has 0 aliphatic rings. The van der Waals surface area contributed by atoms with Crippen LogP contribution in [0.4, 0.5) is 0 Å². The lowest BCUT2D eigenvalue weighted by atomic mass is 9.94. The van der Waals surface area contributed by atoms with Crippen LogP contribution >= 0.6 is 24.4 Å². The molecular weight excluding hydrogens is 244 g/mol. The summed E-state index contributed by atoms with van der Waals surface area (Å²) >= 11 is 5.05. The number of thiol groups is 1. The Balaban J connectivity index is 4.55. The molecule has 0 aliphatic carbocycles. The number of carbonyl (C=O) groups is 3. The van der Waals surface area contributed by atoms with Gasteiger partial charge in [0.1, 0.15) is 11.6 Å². The van der Waals surface area contributed by atoms with Gasteiger partial charge in [-0.3, -0.25) is 14.4 Å². The number of thioether (sulfide) groups is 1. The third kappa shape index (κ3) is 5.16. The predicted octanol–water partition coefficient (Wildman–Crippen LogP) is 2.14. The average molecular weight is 262 g/mol. The van der Waals surface area contributed by atoms with Gasteiger partial charge >= 0.3 is 0 Å². The molecule has 0 aliphatic heterocycles. The van der Waals surface area contributed by atoms with E-state index in [1.807, 2.05) is 0 Å². The highest BCUT2D eigenvalue weighted by Crippen LogP contribution is 2.28. The Morgan fingerprint density at radius 3 is 2.06 bits per heavy atom. The molecule has 0 unspecified atom stereocenters. The van der Waals surface area contributed by atoms with Crippen molar-refractivity contribution in [3.63, 3.8) is 0 Å². The van der Waals surface area contributed by atoms with Crippen LogP contribution < -0.4 is 0 Å². The number of ketones is 2. The van der Waals surface area contributed by atoms with Gasteiger partial charge in [-0.1, -0.05) is 11.8 Å². The lowest BCUT2D eigenvalue weighted by Gasteiger charge is -2.22. The summed E-state index contributed by atoms with van der Waals surface area (Å²) in [4.78, 5) is 34.1. The third-order valence-corrected chi connectivity index (χ3v) is 3.76. The molecule has 0 aromatic carbocycles. The lowest BCUT2D eigenvalue weighted by molar-refractivity contribution is -0.127. The van der Waals surface area contributed by atoms with Crippen LogP contribution in [0.2, 0.25) is 0 Å². The molecule has 16 heavy (non-hydrogen) atoms. The average Bonchev–Trinajstić information content (AvgIpc) is 2.10. The number of Topliss-reactive ketones (excluding diaryl/α,β-unsaturated/α-hetero) is 2. The van der Waals surface area contributed by atoms with Crippen molar-refractivity contribution in [3.8, 4) is 0 Å². The number of carbonyl (C=O) groups excluding carboxylic acids is 3. The smallest absolute Gasteiger partial charge is 0.186 e. The van der Waals surface area contributed by atoms with Crippen molar-refractivity contribution in [3.05, 3.63) is 0 Å². The van der Waals surface area contributed by atoms with Crippen molar-refractivity contribution in [2.45, 2.75) is 38.9 Å². The second-order valence-corrected chi connectivity index (χ2v) is 6.39. The van der Waals surface area contributed by atoms with Gasteiger partial charge in [-0.25, -0.2) is 0 Å². The minimum absolute atomic E-state index is 0.0352. The fraction of sp³-hybridized carbons (Fsp3) is 0.727. The second kappa shape index (κ2) is 6.45. The fourth-order valence-corrected chi connectivity index (χ4v) is 2.52. The zero-order chi connectivity index (χ0) is 12.9. The standard InChI is InChI=1S/C11H18O3S2/c1-7(12)9(6-15)5-10(14)11(3,4)16-8(2)13/h9,15H,5-6H2,1-4H3/t9-/m0/s1. The van der Waals surface area contributed by atoms with E-state index >= 15 is 0 Å². The quantitative estimate of drug-likeness (QED) is 0.745. The molecule has 0 heterocycles. The zero-order valence-corrected chi connectivity index (χ0v) is 11.8. The molecule has 1 atom stereocenters. The first-order valence-corrected chi connectivity index (χ1v) is 6.49. The van der Waals surface area contributed by atoms with Gasteiger partial charge in [0, 0.05) is 25.0 Å². The van der Waals surface area contributed by atoms with Crippen molar-refractivity contribution in [1.82, 2.24) is 0 Å². The topological polar surface area (TPSA) is 51.2 Å². The number of hydrogen-bond donors (Lipinski definition) is 1. The van der Waals surface area contributed by atoms with Gasteiger partial charge in [-0.05, 0) is 20.8 Å². The molecule has 0 aromatic rings. The van der Waals surface area contributed by atoms with Gasteiger partial charge in [0.05, 0.1) is 4.75 Å². The minimum Gasteiger partial charge on any atom is -0.300 e. The van der Waals surface area contributed by atoms with E-state index in [1.54, 1.807) is 13.8 Å². The van der Waals surface area contributed by atoms with Gasteiger partial charge in [-0.2, -0.15) is 12.6 Å². The molecule has 0 saturated carbocycles. The zero-order valence-electron chi connectivity index (χ0n) is 10.1. The van der Waals surface area contributed by atoms with E-state index in [0.717, 1.165) is 11.8 Å². The summed E-state index contributed by atoms with van der Waals surface area (Å²) in [7, 11) is 0. The van der Waals surface area contributed by atoms with Gasteiger partial charge in [-0.15, -0.1) is 0 Å². The second-order valence-electron chi connectivity index (χ2n) is 4.22. The van der Waals surface area contributed by atoms with Crippen LogP contribution in [0.25, 0.3) is 0 Å². The van der Waals surface area contributed by atoms with Crippen molar-refractivity contribution < 1.29 is 14.4 Å². The van der Waals surface area contributed by atoms with Gasteiger partial charge < -0.3 is 0 Å². The number of rotatable bonds is 6. The summed E-state index contributed by atoms with van der Waals surface area (Å²) in [5.74, 6) is -0.0985. The Kier molecular flexibility index (Phi) is 6.33. The largest absolute Gasteiger partial charge is 0.300 e. The fourth-order valence-electron chi connectivity index (χ4n) is 1.22. The maximum absolute atomic E-state index is 11.9. The van der Waals surface area contributed by atoms with Crippen molar-refractivity contribution in [2.24, 2.45) is 5.92 Å². The Morgan fingerprint density at radius 2 is 1.75 bits per heavy atom. The molecular formula is C11H18O3S2. The van der Waals surface area contributed by atoms with E-state index in [1.165, 1.54) is 13.8 Å². The van der Waals surface area contributed by atoms with Gasteiger partial charge in [0.25, 0.3) is 0 Å². The van der Waals surface area contributed by atoms with Gasteiger partial charge in [0.15, 0.2) is 5.12 Å². The number of hydrogen-bond acceptors (Lipinski definition) is 5. The molecule has 3 nitrogen and oxygen atoms in total. The predicted molar refractivity (Wildman–Crippen MR) is 70.0 cm³/mol. The van der Waals surface area contributed by atoms with Crippen molar-refractivity contribution >= 4 is 41.1 Å². The van der Waals surface area contributed by atoms with E-state index in [2.05, 4.69) is 12.6 Å². The third-order valence-electron chi connectivity index (χ3n) is 2.30. The van der Waals surface area contributed by atoms with Crippen LogP contribution in [0.3, 0.4) is 0 Å². The Labute approximate surface area is 106 Å². The normalized spacial score (nSPS) is 13.3. The van der Waals surface area contributed by atoms with E-state index in [9.17, 15) is 14.4 Å². The van der Waals surface area contributed by atoms with E-state index in [0.29, 0.717) is 5.75 Å². The lowest BCUT2D eigenvalue weighted by Crippen LogP contribution is -2.32. The Hall–Kier alpha value is -0.290. The van der Waals surface area contributed by atoms with E-state index in [-0.39, 0.29) is 29.0 Å². The highest BCUT2D eigenvalue weighted by Gasteiger charge is 2.32. The van der Waals surface area contributed by atoms with Crippen LogP contribution in [-0.4, -0.2) is 27.2 Å². The molecule has 0 spiro atoms. The minimum atomic E-state index is -0.761. The van der Waals surface area contributed by atoms with E-state index < -0.39 is 4.75 Å². The van der Waals surface area contributed by atoms with Crippen LogP contribution in [0, 0.1) is 5.92 Å². The highest BCUT2D eigenvalue weighted by atomic mass is 32.2. The summed E-state index contributed by atoms with van der Waals surface area (Å²) in [6, 6.07) is 0. The molecule has 0 amide bonds. The molecule has 0 fully saturated rings. The summed E-state index contributed by atoms with van der Waals surface area (Å²) < 4.78 is -0.761. The van der Waals surface area contributed by atoms with Crippen molar-refractivity contribution in [1.29, 1.82) is 0 Å². The molecule has 92 valence electrons. The first-order chi connectivity index (χ1) is 7.20. The maximum Gasteiger partial charge on any atom is 0.186 e.